The molecule has 1 saturated heterocycles. The van der Waals surface area contributed by atoms with Crippen LogP contribution in [0.1, 0.15) is 71.1 Å². The van der Waals surface area contributed by atoms with Crippen molar-refractivity contribution < 1.29 is 19.1 Å². The lowest BCUT2D eigenvalue weighted by atomic mass is 10.0. The van der Waals surface area contributed by atoms with Crippen molar-refractivity contribution in [3.63, 3.8) is 0 Å². The summed E-state index contributed by atoms with van der Waals surface area (Å²) in [4.78, 5) is 37.7. The van der Waals surface area contributed by atoms with Gasteiger partial charge in [-0.15, -0.1) is 11.8 Å². The molecule has 5 nitrogen and oxygen atoms in total. The molecular formula is C21H33NO4S. The third-order valence-electron chi connectivity index (χ3n) is 5.10. The van der Waals surface area contributed by atoms with E-state index in [9.17, 15) is 14.4 Å². The second-order valence-electron chi connectivity index (χ2n) is 7.33. The minimum atomic E-state index is -0.325. The summed E-state index contributed by atoms with van der Waals surface area (Å²) in [5.74, 6) is 0.123. The van der Waals surface area contributed by atoms with E-state index in [1.54, 1.807) is 0 Å². The Hall–Kier alpha value is -1.14. The molecule has 1 aliphatic carbocycles. The second-order valence-corrected chi connectivity index (χ2v) is 8.81. The first-order chi connectivity index (χ1) is 13.1. The number of likely N-dealkylation sites (tertiary alicyclic amines) is 1. The third kappa shape index (κ3) is 7.78. The summed E-state index contributed by atoms with van der Waals surface area (Å²) < 4.78 is 5.87. The molecule has 2 atom stereocenters. The second kappa shape index (κ2) is 12.3. The van der Waals surface area contributed by atoms with Crippen LogP contribution in [-0.2, 0) is 19.1 Å². The van der Waals surface area contributed by atoms with E-state index in [0.717, 1.165) is 42.8 Å². The molecule has 0 N–H and O–H groups in total. The molecule has 0 aromatic rings. The summed E-state index contributed by atoms with van der Waals surface area (Å²) in [5, 5.41) is -0.325. The molecule has 0 aromatic heterocycles. The SMILES string of the molecule is CCSC1CC(=O)N(CC(=O)COC2CC/C=C\CCCCCCC2)C1=O. The Kier molecular flexibility index (Phi) is 10.1. The van der Waals surface area contributed by atoms with Crippen LogP contribution in [0.5, 0.6) is 0 Å². The van der Waals surface area contributed by atoms with Crippen LogP contribution in [0.2, 0.25) is 0 Å². The number of allylic oxidation sites excluding steroid dienone is 2. The van der Waals surface area contributed by atoms with Crippen LogP contribution in [-0.4, -0.2) is 52.8 Å². The quantitative estimate of drug-likeness (QED) is 0.483. The van der Waals surface area contributed by atoms with Crippen LogP contribution in [0.25, 0.3) is 0 Å². The van der Waals surface area contributed by atoms with Gasteiger partial charge in [-0.25, -0.2) is 0 Å². The zero-order chi connectivity index (χ0) is 19.5. The van der Waals surface area contributed by atoms with Gasteiger partial charge in [-0.1, -0.05) is 44.8 Å². The Morgan fingerprint density at radius 1 is 1.11 bits per heavy atom. The summed E-state index contributed by atoms with van der Waals surface area (Å²) in [7, 11) is 0. The average Bonchev–Trinajstić information content (AvgIpc) is 2.89. The molecule has 27 heavy (non-hydrogen) atoms. The van der Waals surface area contributed by atoms with Crippen LogP contribution in [0.3, 0.4) is 0 Å². The zero-order valence-corrected chi connectivity index (χ0v) is 17.3. The van der Waals surface area contributed by atoms with E-state index in [1.165, 1.54) is 37.4 Å². The van der Waals surface area contributed by atoms with Crippen molar-refractivity contribution in [2.45, 2.75) is 82.5 Å². The summed E-state index contributed by atoms with van der Waals surface area (Å²) >= 11 is 1.47. The molecule has 2 amide bonds. The molecule has 2 unspecified atom stereocenters. The van der Waals surface area contributed by atoms with Crippen LogP contribution in [0, 0.1) is 0 Å². The van der Waals surface area contributed by atoms with E-state index < -0.39 is 0 Å². The normalized spacial score (nSPS) is 26.5. The van der Waals surface area contributed by atoms with Crippen LogP contribution >= 0.6 is 11.8 Å². The third-order valence-corrected chi connectivity index (χ3v) is 6.21. The molecule has 0 aromatic carbocycles. The predicted molar refractivity (Wildman–Crippen MR) is 109 cm³/mol. The van der Waals surface area contributed by atoms with Gasteiger partial charge in [0, 0.05) is 6.42 Å². The first-order valence-corrected chi connectivity index (χ1v) is 11.4. The van der Waals surface area contributed by atoms with Gasteiger partial charge in [-0.2, -0.15) is 0 Å². The fourth-order valence-electron chi connectivity index (χ4n) is 3.58. The topological polar surface area (TPSA) is 63.7 Å². The number of ether oxygens (including phenoxy) is 1. The van der Waals surface area contributed by atoms with Crippen LogP contribution < -0.4 is 0 Å². The lowest BCUT2D eigenvalue weighted by Crippen LogP contribution is -2.37. The molecular weight excluding hydrogens is 362 g/mol. The molecule has 1 fully saturated rings. The molecule has 0 bridgehead atoms. The van der Waals surface area contributed by atoms with Gasteiger partial charge in [0.1, 0.15) is 6.61 Å². The molecule has 1 heterocycles. The number of Topliss-reactive ketones (excluding diaryl/α,β-unsaturated/α-hetero) is 1. The highest BCUT2D eigenvalue weighted by Gasteiger charge is 2.39. The Bertz CT molecular complexity index is 534. The van der Waals surface area contributed by atoms with Gasteiger partial charge in [-0.05, 0) is 37.9 Å². The number of hydrogen-bond donors (Lipinski definition) is 0. The summed E-state index contributed by atoms with van der Waals surface area (Å²) in [6.45, 7) is 1.80. The fraction of sp³-hybridized carbons (Fsp3) is 0.762. The number of carbonyl (C=O) groups is 3. The Labute approximate surface area is 167 Å². The van der Waals surface area contributed by atoms with Gasteiger partial charge < -0.3 is 4.74 Å². The van der Waals surface area contributed by atoms with Crippen molar-refractivity contribution in [1.82, 2.24) is 4.90 Å². The molecule has 152 valence electrons. The van der Waals surface area contributed by atoms with Crippen molar-refractivity contribution in [2.24, 2.45) is 0 Å². The van der Waals surface area contributed by atoms with E-state index in [4.69, 9.17) is 4.74 Å². The van der Waals surface area contributed by atoms with Crippen molar-refractivity contribution in [3.05, 3.63) is 12.2 Å². The standard InChI is InChI=1S/C21H33NO4S/c1-2-27-19-14-20(24)22(21(19)25)15-17(23)16-26-18-12-10-8-6-4-3-5-7-9-11-13-18/h6,8,18-19H,2-5,7,9-16H2,1H3/b8-6-. The maximum atomic E-state index is 12.3. The first kappa shape index (κ1) is 22.2. The maximum absolute atomic E-state index is 12.3. The predicted octanol–water partition coefficient (Wildman–Crippen LogP) is 3.90. The highest BCUT2D eigenvalue weighted by molar-refractivity contribution is 8.00. The van der Waals surface area contributed by atoms with Gasteiger partial charge in [0.25, 0.3) is 0 Å². The number of amides is 2. The summed E-state index contributed by atoms with van der Waals surface area (Å²) in [5.41, 5.74) is 0. The zero-order valence-electron chi connectivity index (χ0n) is 16.5. The smallest absolute Gasteiger partial charge is 0.243 e. The number of thioether (sulfide) groups is 1. The number of nitrogens with zero attached hydrogens (tertiary/aromatic N) is 1. The number of ketones is 1. The minimum absolute atomic E-state index is 0.0168. The van der Waals surface area contributed by atoms with Crippen molar-refractivity contribution in [1.29, 1.82) is 0 Å². The van der Waals surface area contributed by atoms with Crippen molar-refractivity contribution in [2.75, 3.05) is 18.9 Å². The Morgan fingerprint density at radius 2 is 1.85 bits per heavy atom. The lowest BCUT2D eigenvalue weighted by Gasteiger charge is -2.19. The van der Waals surface area contributed by atoms with E-state index in [0.29, 0.717) is 0 Å². The average molecular weight is 396 g/mol. The van der Waals surface area contributed by atoms with Gasteiger partial charge in [0.05, 0.1) is 17.9 Å². The molecule has 2 aliphatic rings. The van der Waals surface area contributed by atoms with E-state index in [2.05, 4.69) is 12.2 Å². The highest BCUT2D eigenvalue weighted by atomic mass is 32.2. The minimum Gasteiger partial charge on any atom is -0.370 e. The molecule has 6 heteroatoms. The molecule has 0 saturated carbocycles. The summed E-state index contributed by atoms with van der Waals surface area (Å²) in [6.07, 6.45) is 14.9. The van der Waals surface area contributed by atoms with E-state index in [1.807, 2.05) is 6.92 Å². The van der Waals surface area contributed by atoms with E-state index in [-0.39, 0.29) is 48.5 Å². The van der Waals surface area contributed by atoms with Crippen molar-refractivity contribution >= 4 is 29.4 Å². The van der Waals surface area contributed by atoms with Gasteiger partial charge in [0.2, 0.25) is 11.8 Å². The van der Waals surface area contributed by atoms with Gasteiger partial charge in [0.15, 0.2) is 5.78 Å². The molecule has 0 radical (unpaired) electrons. The fourth-order valence-corrected chi connectivity index (χ4v) is 4.51. The Balaban J connectivity index is 1.77. The number of imide groups is 1. The van der Waals surface area contributed by atoms with Crippen molar-refractivity contribution in [3.8, 4) is 0 Å². The van der Waals surface area contributed by atoms with Crippen LogP contribution in [0.15, 0.2) is 12.2 Å². The highest BCUT2D eigenvalue weighted by Crippen LogP contribution is 2.24. The van der Waals surface area contributed by atoms with Gasteiger partial charge in [-0.3, -0.25) is 19.3 Å². The molecule has 2 rings (SSSR count). The first-order valence-electron chi connectivity index (χ1n) is 10.4. The van der Waals surface area contributed by atoms with E-state index >= 15 is 0 Å². The number of rotatable bonds is 7. The molecule has 0 spiro atoms. The summed E-state index contributed by atoms with van der Waals surface area (Å²) in [6, 6.07) is 0. The number of hydrogen-bond acceptors (Lipinski definition) is 5. The van der Waals surface area contributed by atoms with Gasteiger partial charge >= 0.3 is 0 Å². The lowest BCUT2D eigenvalue weighted by molar-refractivity contribution is -0.143. The maximum Gasteiger partial charge on any atom is 0.243 e. The largest absolute Gasteiger partial charge is 0.370 e. The monoisotopic (exact) mass is 395 g/mol. The molecule has 1 aliphatic heterocycles. The van der Waals surface area contributed by atoms with Crippen LogP contribution in [0.4, 0.5) is 0 Å². The number of carbonyl (C=O) groups excluding carboxylic acids is 3. The Morgan fingerprint density at radius 3 is 2.67 bits per heavy atom.